The van der Waals surface area contributed by atoms with Gasteiger partial charge >= 0.3 is 0 Å². The molecule has 0 radical (unpaired) electrons. The van der Waals surface area contributed by atoms with Crippen molar-refractivity contribution in [3.8, 4) is 11.5 Å². The van der Waals surface area contributed by atoms with Crippen LogP contribution in [0.5, 0.6) is 11.5 Å². The second kappa shape index (κ2) is 6.12. The van der Waals surface area contributed by atoms with Crippen LogP contribution in [-0.2, 0) is 0 Å². The zero-order valence-electron chi connectivity index (χ0n) is 10.9. The first kappa shape index (κ1) is 14.0. The molecule has 0 bridgehead atoms. The minimum absolute atomic E-state index is 0.0110. The summed E-state index contributed by atoms with van der Waals surface area (Å²) in [5, 5.41) is 20.2. The maximum Gasteiger partial charge on any atom is 0.269 e. The third-order valence-electron chi connectivity index (χ3n) is 2.77. The molecule has 0 spiro atoms. The van der Waals surface area contributed by atoms with Crippen LogP contribution in [0.4, 0.5) is 5.69 Å². The lowest BCUT2D eigenvalue weighted by molar-refractivity contribution is -0.384. The number of hydrogen-bond acceptors (Lipinski definition) is 5. The number of benzene rings is 1. The molecule has 2 rings (SSSR count). The Morgan fingerprint density at radius 3 is 2.40 bits per heavy atom. The molecule has 0 amide bonds. The van der Waals surface area contributed by atoms with Crippen LogP contribution in [0.25, 0.3) is 0 Å². The van der Waals surface area contributed by atoms with Gasteiger partial charge in [-0.1, -0.05) is 6.92 Å². The fourth-order valence-corrected chi connectivity index (χ4v) is 1.63. The summed E-state index contributed by atoms with van der Waals surface area (Å²) in [6.07, 6.45) is 1.52. The van der Waals surface area contributed by atoms with Crippen molar-refractivity contribution in [1.82, 2.24) is 4.98 Å². The van der Waals surface area contributed by atoms with Crippen molar-refractivity contribution < 1.29 is 14.8 Å². The van der Waals surface area contributed by atoms with E-state index in [0.717, 1.165) is 0 Å². The van der Waals surface area contributed by atoms with Crippen molar-refractivity contribution in [2.75, 3.05) is 0 Å². The van der Waals surface area contributed by atoms with E-state index in [1.165, 1.54) is 30.5 Å². The van der Waals surface area contributed by atoms with Gasteiger partial charge in [-0.2, -0.15) is 0 Å². The number of nitrogens with zero attached hydrogens (tertiary/aromatic N) is 2. The molecular weight excluding hydrogens is 260 g/mol. The maximum atomic E-state index is 10.5. The van der Waals surface area contributed by atoms with Gasteiger partial charge in [0, 0.05) is 12.1 Å². The lowest BCUT2D eigenvalue weighted by Crippen LogP contribution is -1.98. The molecule has 0 fully saturated rings. The summed E-state index contributed by atoms with van der Waals surface area (Å²) >= 11 is 0. The van der Waals surface area contributed by atoms with E-state index < -0.39 is 11.0 Å². The highest BCUT2D eigenvalue weighted by Crippen LogP contribution is 2.24. The van der Waals surface area contributed by atoms with E-state index in [2.05, 4.69) is 4.98 Å². The van der Waals surface area contributed by atoms with Crippen LogP contribution in [-0.4, -0.2) is 15.0 Å². The summed E-state index contributed by atoms with van der Waals surface area (Å²) in [6, 6.07) is 9.17. The first-order valence-electron chi connectivity index (χ1n) is 6.16. The average molecular weight is 274 g/mol. The van der Waals surface area contributed by atoms with Gasteiger partial charge in [0.25, 0.3) is 5.69 Å². The van der Waals surface area contributed by atoms with Gasteiger partial charge in [-0.3, -0.25) is 15.1 Å². The number of pyridine rings is 1. The zero-order chi connectivity index (χ0) is 14.5. The molecule has 1 heterocycles. The fourth-order valence-electron chi connectivity index (χ4n) is 1.63. The van der Waals surface area contributed by atoms with Crippen LogP contribution in [0.3, 0.4) is 0 Å². The molecule has 1 aromatic heterocycles. The normalized spacial score (nSPS) is 11.9. The predicted molar refractivity (Wildman–Crippen MR) is 72.7 cm³/mol. The maximum absolute atomic E-state index is 10.5. The Hall–Kier alpha value is -2.47. The molecule has 2 aromatic rings. The number of ether oxygens (including phenoxy) is 1. The topological polar surface area (TPSA) is 85.5 Å². The minimum Gasteiger partial charge on any atom is -0.456 e. The monoisotopic (exact) mass is 274 g/mol. The molecular formula is C14H14N2O4. The molecule has 0 aliphatic rings. The first-order valence-corrected chi connectivity index (χ1v) is 6.16. The van der Waals surface area contributed by atoms with E-state index in [1.807, 2.05) is 6.92 Å². The number of nitro groups is 1. The molecule has 1 unspecified atom stereocenters. The highest BCUT2D eigenvalue weighted by Gasteiger charge is 2.08. The molecule has 0 saturated heterocycles. The number of rotatable bonds is 5. The molecule has 1 aromatic carbocycles. The molecule has 6 heteroatoms. The summed E-state index contributed by atoms with van der Waals surface area (Å²) in [6.45, 7) is 1.87. The van der Waals surface area contributed by atoms with E-state index in [4.69, 9.17) is 4.74 Å². The molecule has 20 heavy (non-hydrogen) atoms. The minimum atomic E-state index is -0.580. The van der Waals surface area contributed by atoms with Crippen LogP contribution < -0.4 is 4.74 Å². The number of hydrogen-bond donors (Lipinski definition) is 1. The third-order valence-corrected chi connectivity index (χ3v) is 2.77. The van der Waals surface area contributed by atoms with Crippen molar-refractivity contribution in [3.05, 3.63) is 58.4 Å². The third kappa shape index (κ3) is 3.30. The zero-order valence-corrected chi connectivity index (χ0v) is 10.9. The van der Waals surface area contributed by atoms with E-state index in [-0.39, 0.29) is 5.69 Å². The number of aliphatic hydroxyl groups is 1. The number of nitro benzene ring substituents is 1. The smallest absolute Gasteiger partial charge is 0.269 e. The summed E-state index contributed by atoms with van der Waals surface area (Å²) in [7, 11) is 0. The molecule has 104 valence electrons. The van der Waals surface area contributed by atoms with Crippen molar-refractivity contribution >= 4 is 5.69 Å². The Balaban J connectivity index is 2.08. The van der Waals surface area contributed by atoms with E-state index in [0.29, 0.717) is 23.6 Å². The van der Waals surface area contributed by atoms with E-state index in [1.54, 1.807) is 12.1 Å². The van der Waals surface area contributed by atoms with Crippen LogP contribution in [0.1, 0.15) is 25.1 Å². The Morgan fingerprint density at radius 1 is 1.25 bits per heavy atom. The summed E-state index contributed by atoms with van der Waals surface area (Å²) in [5.74, 6) is 0.993. The van der Waals surface area contributed by atoms with Gasteiger partial charge in [0.2, 0.25) is 0 Å². The van der Waals surface area contributed by atoms with Gasteiger partial charge < -0.3 is 9.84 Å². The van der Waals surface area contributed by atoms with Crippen molar-refractivity contribution in [2.45, 2.75) is 19.4 Å². The van der Waals surface area contributed by atoms with E-state index >= 15 is 0 Å². The molecule has 1 N–H and O–H groups in total. The van der Waals surface area contributed by atoms with Gasteiger partial charge in [0.05, 0.1) is 22.9 Å². The Bertz CT molecular complexity index is 581. The molecule has 1 atom stereocenters. The van der Waals surface area contributed by atoms with Gasteiger partial charge in [-0.15, -0.1) is 0 Å². The van der Waals surface area contributed by atoms with Gasteiger partial charge in [0.1, 0.15) is 11.5 Å². The van der Waals surface area contributed by atoms with Crippen LogP contribution >= 0.6 is 0 Å². The standard InChI is InChI=1S/C14H14N2O4/c1-2-14(17)13-8-7-12(9-15-13)20-11-5-3-10(4-6-11)16(18)19/h3-9,14,17H,2H2,1H3. The second-order valence-corrected chi connectivity index (χ2v) is 4.20. The van der Waals surface area contributed by atoms with E-state index in [9.17, 15) is 15.2 Å². The number of non-ortho nitro benzene ring substituents is 1. The largest absolute Gasteiger partial charge is 0.456 e. The molecule has 0 aliphatic heterocycles. The van der Waals surface area contributed by atoms with Crippen molar-refractivity contribution in [2.24, 2.45) is 0 Å². The van der Waals surface area contributed by atoms with Crippen LogP contribution in [0.2, 0.25) is 0 Å². The van der Waals surface area contributed by atoms with Crippen molar-refractivity contribution in [1.29, 1.82) is 0 Å². The number of aromatic nitrogens is 1. The predicted octanol–water partition coefficient (Wildman–Crippen LogP) is 3.23. The Labute approximate surface area is 115 Å². The van der Waals surface area contributed by atoms with Crippen LogP contribution in [0, 0.1) is 10.1 Å². The summed E-state index contributed by atoms with van der Waals surface area (Å²) in [5.41, 5.74) is 0.598. The SMILES string of the molecule is CCC(O)c1ccc(Oc2ccc([N+](=O)[O-])cc2)cn1. The summed E-state index contributed by atoms with van der Waals surface area (Å²) in [4.78, 5) is 14.2. The van der Waals surface area contributed by atoms with Gasteiger partial charge in [-0.25, -0.2) is 0 Å². The summed E-state index contributed by atoms with van der Waals surface area (Å²) < 4.78 is 5.51. The lowest BCUT2D eigenvalue weighted by Gasteiger charge is -2.08. The average Bonchev–Trinajstić information content (AvgIpc) is 2.48. The van der Waals surface area contributed by atoms with Gasteiger partial charge in [-0.05, 0) is 30.7 Å². The molecule has 0 saturated carbocycles. The quantitative estimate of drug-likeness (QED) is 0.668. The fraction of sp³-hybridized carbons (Fsp3) is 0.214. The van der Waals surface area contributed by atoms with Gasteiger partial charge in [0.15, 0.2) is 0 Å². The molecule has 6 nitrogen and oxygen atoms in total. The number of aliphatic hydroxyl groups excluding tert-OH is 1. The molecule has 0 aliphatic carbocycles. The Morgan fingerprint density at radius 2 is 1.90 bits per heavy atom. The van der Waals surface area contributed by atoms with Crippen molar-refractivity contribution in [3.63, 3.8) is 0 Å². The highest BCUT2D eigenvalue weighted by molar-refractivity contribution is 5.38. The lowest BCUT2D eigenvalue weighted by atomic mass is 10.2. The Kier molecular flexibility index (Phi) is 4.27. The highest BCUT2D eigenvalue weighted by atomic mass is 16.6. The second-order valence-electron chi connectivity index (χ2n) is 4.20. The first-order chi connectivity index (χ1) is 9.60. The van der Waals surface area contributed by atoms with Crippen LogP contribution in [0.15, 0.2) is 42.6 Å².